The lowest BCUT2D eigenvalue weighted by Gasteiger charge is -2.20. The van der Waals surface area contributed by atoms with Crippen molar-refractivity contribution < 1.29 is 9.50 Å². The lowest BCUT2D eigenvalue weighted by atomic mass is 9.93. The highest BCUT2D eigenvalue weighted by Gasteiger charge is 2.32. The molecule has 2 nitrogen and oxygen atoms in total. The van der Waals surface area contributed by atoms with E-state index < -0.39 is 11.9 Å². The molecule has 0 aliphatic heterocycles. The van der Waals surface area contributed by atoms with Gasteiger partial charge < -0.3 is 5.11 Å². The van der Waals surface area contributed by atoms with Crippen molar-refractivity contribution in [3.63, 3.8) is 0 Å². The van der Waals surface area contributed by atoms with Gasteiger partial charge >= 0.3 is 0 Å². The SMILES string of the molecule is OC(c1cccc(F)c1Cl)C1CCc2cccnc21. The Morgan fingerprint density at radius 3 is 3.00 bits per heavy atom. The van der Waals surface area contributed by atoms with Crippen molar-refractivity contribution in [2.45, 2.75) is 24.9 Å². The lowest BCUT2D eigenvalue weighted by Crippen LogP contribution is -2.10. The van der Waals surface area contributed by atoms with Crippen molar-refractivity contribution in [3.05, 3.63) is 64.2 Å². The second-order valence-corrected chi connectivity index (χ2v) is 5.16. The summed E-state index contributed by atoms with van der Waals surface area (Å²) < 4.78 is 13.5. The van der Waals surface area contributed by atoms with Crippen molar-refractivity contribution in [2.24, 2.45) is 0 Å². The van der Waals surface area contributed by atoms with Gasteiger partial charge in [-0.05, 0) is 30.5 Å². The monoisotopic (exact) mass is 277 g/mol. The first-order valence-electron chi connectivity index (χ1n) is 6.24. The second kappa shape index (κ2) is 4.91. The molecule has 0 amide bonds. The predicted molar refractivity (Wildman–Crippen MR) is 71.7 cm³/mol. The third-order valence-electron chi connectivity index (χ3n) is 3.68. The minimum atomic E-state index is -0.820. The van der Waals surface area contributed by atoms with E-state index in [1.54, 1.807) is 18.3 Å². The Bertz CT molecular complexity index is 617. The van der Waals surface area contributed by atoms with Crippen LogP contribution in [0.25, 0.3) is 0 Å². The van der Waals surface area contributed by atoms with Crippen LogP contribution < -0.4 is 0 Å². The molecule has 2 aromatic rings. The number of aliphatic hydroxyl groups is 1. The van der Waals surface area contributed by atoms with Gasteiger partial charge in [0.2, 0.25) is 0 Å². The summed E-state index contributed by atoms with van der Waals surface area (Å²) in [5.74, 6) is -0.618. The van der Waals surface area contributed by atoms with Gasteiger partial charge in [-0.15, -0.1) is 0 Å². The van der Waals surface area contributed by atoms with Crippen LogP contribution in [0.3, 0.4) is 0 Å². The lowest BCUT2D eigenvalue weighted by molar-refractivity contribution is 0.143. The number of aryl methyl sites for hydroxylation is 1. The largest absolute Gasteiger partial charge is 0.388 e. The average Bonchev–Trinajstić information content (AvgIpc) is 2.85. The molecule has 19 heavy (non-hydrogen) atoms. The maximum Gasteiger partial charge on any atom is 0.142 e. The van der Waals surface area contributed by atoms with Crippen molar-refractivity contribution in [1.29, 1.82) is 0 Å². The fourth-order valence-electron chi connectivity index (χ4n) is 2.72. The van der Waals surface area contributed by atoms with Crippen LogP contribution in [-0.4, -0.2) is 10.1 Å². The van der Waals surface area contributed by atoms with Gasteiger partial charge in [-0.1, -0.05) is 29.8 Å². The van der Waals surface area contributed by atoms with E-state index in [4.69, 9.17) is 11.6 Å². The molecule has 2 unspecified atom stereocenters. The van der Waals surface area contributed by atoms with Crippen molar-refractivity contribution in [1.82, 2.24) is 4.98 Å². The molecule has 3 rings (SSSR count). The summed E-state index contributed by atoms with van der Waals surface area (Å²) in [4.78, 5) is 4.34. The Morgan fingerprint density at radius 1 is 1.32 bits per heavy atom. The highest BCUT2D eigenvalue weighted by molar-refractivity contribution is 6.31. The molecule has 0 radical (unpaired) electrons. The predicted octanol–water partition coefficient (Wildman–Crippen LogP) is 3.64. The number of fused-ring (bicyclic) bond motifs is 1. The molecule has 1 aliphatic rings. The van der Waals surface area contributed by atoms with Gasteiger partial charge in [0.15, 0.2) is 0 Å². The number of aliphatic hydroxyl groups excluding tert-OH is 1. The zero-order valence-corrected chi connectivity index (χ0v) is 10.9. The van der Waals surface area contributed by atoms with Crippen molar-refractivity contribution >= 4 is 11.6 Å². The molecule has 4 heteroatoms. The Labute approximate surface area is 115 Å². The summed E-state index contributed by atoms with van der Waals surface area (Å²) >= 11 is 5.94. The highest BCUT2D eigenvalue weighted by Crippen LogP contribution is 2.42. The standard InChI is InChI=1S/C15H13ClFNO/c16-13-10(4-1-5-12(13)17)15(19)11-7-6-9-3-2-8-18-14(9)11/h1-5,8,11,15,19H,6-7H2. The maximum atomic E-state index is 13.5. The van der Waals surface area contributed by atoms with Gasteiger partial charge in [0.05, 0.1) is 11.1 Å². The van der Waals surface area contributed by atoms with E-state index in [-0.39, 0.29) is 10.9 Å². The van der Waals surface area contributed by atoms with Gasteiger partial charge in [0, 0.05) is 23.4 Å². The fourth-order valence-corrected chi connectivity index (χ4v) is 2.95. The van der Waals surface area contributed by atoms with Crippen LogP contribution >= 0.6 is 11.6 Å². The van der Waals surface area contributed by atoms with E-state index >= 15 is 0 Å². The van der Waals surface area contributed by atoms with E-state index in [1.807, 2.05) is 12.1 Å². The molecular formula is C15H13ClFNO. The van der Waals surface area contributed by atoms with Crippen LogP contribution in [0, 0.1) is 5.82 Å². The highest BCUT2D eigenvalue weighted by atomic mass is 35.5. The Hall–Kier alpha value is -1.45. The van der Waals surface area contributed by atoms with E-state index in [1.165, 1.54) is 6.07 Å². The molecule has 2 atom stereocenters. The van der Waals surface area contributed by atoms with Gasteiger partial charge in [0.1, 0.15) is 5.82 Å². The van der Waals surface area contributed by atoms with Gasteiger partial charge in [-0.25, -0.2) is 4.39 Å². The Balaban J connectivity index is 1.98. The number of benzene rings is 1. The number of aromatic nitrogens is 1. The molecule has 1 aliphatic carbocycles. The zero-order valence-electron chi connectivity index (χ0n) is 10.2. The first-order valence-corrected chi connectivity index (χ1v) is 6.62. The molecule has 0 saturated heterocycles. The number of hydrogen-bond donors (Lipinski definition) is 1. The van der Waals surface area contributed by atoms with E-state index in [9.17, 15) is 9.50 Å². The van der Waals surface area contributed by atoms with E-state index in [2.05, 4.69) is 4.98 Å². The molecule has 0 saturated carbocycles. The summed E-state index contributed by atoms with van der Waals surface area (Å²) in [6, 6.07) is 8.43. The molecule has 0 fully saturated rings. The summed E-state index contributed by atoms with van der Waals surface area (Å²) in [5.41, 5.74) is 2.49. The number of pyridine rings is 1. The van der Waals surface area contributed by atoms with Crippen LogP contribution in [0.15, 0.2) is 36.5 Å². The third-order valence-corrected chi connectivity index (χ3v) is 4.08. The number of rotatable bonds is 2. The molecule has 98 valence electrons. The summed E-state index contributed by atoms with van der Waals surface area (Å²) in [6.07, 6.45) is 2.59. The number of hydrogen-bond acceptors (Lipinski definition) is 2. The Morgan fingerprint density at radius 2 is 2.16 bits per heavy atom. The normalized spacial score (nSPS) is 19.2. The molecule has 0 bridgehead atoms. The second-order valence-electron chi connectivity index (χ2n) is 4.78. The maximum absolute atomic E-state index is 13.5. The molecule has 1 aromatic carbocycles. The first kappa shape index (κ1) is 12.6. The van der Waals surface area contributed by atoms with E-state index in [0.717, 1.165) is 24.1 Å². The quantitative estimate of drug-likeness (QED) is 0.909. The topological polar surface area (TPSA) is 33.1 Å². The van der Waals surface area contributed by atoms with Crippen LogP contribution in [0.5, 0.6) is 0 Å². The first-order chi connectivity index (χ1) is 9.18. The van der Waals surface area contributed by atoms with E-state index in [0.29, 0.717) is 5.56 Å². The number of halogens is 2. The molecular weight excluding hydrogens is 265 g/mol. The van der Waals surface area contributed by atoms with Crippen LogP contribution in [0.2, 0.25) is 5.02 Å². The smallest absolute Gasteiger partial charge is 0.142 e. The zero-order chi connectivity index (χ0) is 13.4. The third kappa shape index (κ3) is 2.13. The van der Waals surface area contributed by atoms with Gasteiger partial charge in [0.25, 0.3) is 0 Å². The molecule has 1 N–H and O–H groups in total. The minimum Gasteiger partial charge on any atom is -0.388 e. The average molecular weight is 278 g/mol. The van der Waals surface area contributed by atoms with Crippen LogP contribution in [-0.2, 0) is 6.42 Å². The minimum absolute atomic E-state index is 0.000573. The van der Waals surface area contributed by atoms with Crippen LogP contribution in [0.1, 0.15) is 35.3 Å². The number of nitrogens with zero attached hydrogens (tertiary/aromatic N) is 1. The summed E-state index contributed by atoms with van der Waals surface area (Å²) in [5, 5.41) is 10.5. The molecule has 0 spiro atoms. The molecule has 1 aromatic heterocycles. The Kier molecular flexibility index (Phi) is 3.25. The summed E-state index contributed by atoms with van der Waals surface area (Å²) in [7, 11) is 0. The fraction of sp³-hybridized carbons (Fsp3) is 0.267. The van der Waals surface area contributed by atoms with Gasteiger partial charge in [-0.3, -0.25) is 4.98 Å². The van der Waals surface area contributed by atoms with Gasteiger partial charge in [-0.2, -0.15) is 0 Å². The summed E-state index contributed by atoms with van der Waals surface area (Å²) in [6.45, 7) is 0. The van der Waals surface area contributed by atoms with Crippen LogP contribution in [0.4, 0.5) is 4.39 Å². The van der Waals surface area contributed by atoms with Crippen molar-refractivity contribution in [2.75, 3.05) is 0 Å². The van der Waals surface area contributed by atoms with Crippen molar-refractivity contribution in [3.8, 4) is 0 Å². The molecule has 1 heterocycles.